The number of hydrogen-bond donors (Lipinski definition) is 1. The molecule has 0 fully saturated rings. The lowest BCUT2D eigenvalue weighted by Gasteiger charge is -2.19. The fourth-order valence-electron chi connectivity index (χ4n) is 2.71. The lowest BCUT2D eigenvalue weighted by Crippen LogP contribution is -2.28. The number of rotatable bonds is 8. The van der Waals surface area contributed by atoms with Gasteiger partial charge in [-0.1, -0.05) is 49.1 Å². The van der Waals surface area contributed by atoms with Crippen LogP contribution in [0.25, 0.3) is 0 Å². The highest BCUT2D eigenvalue weighted by molar-refractivity contribution is 7.10. The zero-order chi connectivity index (χ0) is 19.1. The summed E-state index contributed by atoms with van der Waals surface area (Å²) < 4.78 is 10.9. The van der Waals surface area contributed by atoms with Crippen LogP contribution in [0.5, 0.6) is 11.5 Å². The van der Waals surface area contributed by atoms with Gasteiger partial charge in [-0.2, -0.15) is 0 Å². The highest BCUT2D eigenvalue weighted by Crippen LogP contribution is 2.30. The van der Waals surface area contributed by atoms with Gasteiger partial charge in [-0.15, -0.1) is 11.3 Å². The molecule has 0 saturated heterocycles. The Bertz CT molecular complexity index is 891. The summed E-state index contributed by atoms with van der Waals surface area (Å²) in [6.07, 6.45) is 1.66. The van der Waals surface area contributed by atoms with Crippen LogP contribution in [0.4, 0.5) is 0 Å². The van der Waals surface area contributed by atoms with Gasteiger partial charge in [0.2, 0.25) is 0 Å². The van der Waals surface area contributed by atoms with E-state index in [1.54, 1.807) is 42.7 Å². The highest BCUT2D eigenvalue weighted by atomic mass is 32.1. The van der Waals surface area contributed by atoms with E-state index in [-0.39, 0.29) is 11.9 Å². The Morgan fingerprint density at radius 3 is 2.63 bits per heavy atom. The van der Waals surface area contributed by atoms with Crippen LogP contribution in [0, 0.1) is 0 Å². The minimum atomic E-state index is -0.207. The molecule has 1 heterocycles. The summed E-state index contributed by atoms with van der Waals surface area (Å²) in [5.74, 6) is 0.912. The molecule has 1 atom stereocenters. The maximum absolute atomic E-state index is 12.9. The Morgan fingerprint density at radius 2 is 1.96 bits per heavy atom. The molecule has 138 valence electrons. The fourth-order valence-corrected chi connectivity index (χ4v) is 3.51. The van der Waals surface area contributed by atoms with Gasteiger partial charge in [0.15, 0.2) is 11.5 Å². The summed E-state index contributed by atoms with van der Waals surface area (Å²) >= 11 is 1.61. The lowest BCUT2D eigenvalue weighted by atomic mass is 10.0. The summed E-state index contributed by atoms with van der Waals surface area (Å²) in [4.78, 5) is 14.0. The molecule has 0 aliphatic heterocycles. The highest BCUT2D eigenvalue weighted by Gasteiger charge is 2.19. The molecule has 0 aliphatic rings. The Kier molecular flexibility index (Phi) is 6.28. The summed E-state index contributed by atoms with van der Waals surface area (Å²) in [5, 5.41) is 5.13. The molecule has 0 bridgehead atoms. The first kappa shape index (κ1) is 18.7. The van der Waals surface area contributed by atoms with Crippen LogP contribution < -0.4 is 14.8 Å². The summed E-state index contributed by atoms with van der Waals surface area (Å²) in [7, 11) is 1.55. The molecule has 1 unspecified atom stereocenters. The van der Waals surface area contributed by atoms with E-state index >= 15 is 0 Å². The predicted octanol–water partition coefficient (Wildman–Crippen LogP) is 4.84. The molecule has 3 rings (SSSR count). The standard InChI is InChI=1S/C22H21NO3S/c1-3-13-26-18-12-11-17(15-19(18)25-2)22(24)23-21(20-10-7-14-27-20)16-8-5-4-6-9-16/h3-12,14-15,21H,1,13H2,2H3,(H,23,24). The van der Waals surface area contributed by atoms with E-state index < -0.39 is 0 Å². The van der Waals surface area contributed by atoms with Crippen LogP contribution in [-0.4, -0.2) is 19.6 Å². The number of hydrogen-bond acceptors (Lipinski definition) is 4. The van der Waals surface area contributed by atoms with Gasteiger partial charge in [0, 0.05) is 10.4 Å². The molecular weight excluding hydrogens is 358 g/mol. The monoisotopic (exact) mass is 379 g/mol. The smallest absolute Gasteiger partial charge is 0.252 e. The number of ether oxygens (including phenoxy) is 2. The average molecular weight is 379 g/mol. The summed E-state index contributed by atoms with van der Waals surface area (Å²) in [5.41, 5.74) is 1.54. The molecule has 1 amide bonds. The van der Waals surface area contributed by atoms with Crippen molar-refractivity contribution in [3.05, 3.63) is 94.7 Å². The minimum absolute atomic E-state index is 0.175. The summed E-state index contributed by atoms with van der Waals surface area (Å²) in [6.45, 7) is 4.01. The molecular formula is C22H21NO3S. The van der Waals surface area contributed by atoms with E-state index in [0.29, 0.717) is 23.7 Å². The van der Waals surface area contributed by atoms with Crippen molar-refractivity contribution in [3.8, 4) is 11.5 Å². The van der Waals surface area contributed by atoms with Gasteiger partial charge in [-0.25, -0.2) is 0 Å². The molecule has 1 N–H and O–H groups in total. The SMILES string of the molecule is C=CCOc1ccc(C(=O)NC(c2ccccc2)c2cccs2)cc1OC. The van der Waals surface area contributed by atoms with Crippen molar-refractivity contribution in [2.24, 2.45) is 0 Å². The topological polar surface area (TPSA) is 47.6 Å². The van der Waals surface area contributed by atoms with Crippen molar-refractivity contribution < 1.29 is 14.3 Å². The van der Waals surface area contributed by atoms with Crippen LogP contribution >= 0.6 is 11.3 Å². The van der Waals surface area contributed by atoms with Gasteiger partial charge >= 0.3 is 0 Å². The van der Waals surface area contributed by atoms with Crippen molar-refractivity contribution in [1.29, 1.82) is 0 Å². The first-order chi connectivity index (χ1) is 13.2. The number of thiophene rings is 1. The third-order valence-corrected chi connectivity index (χ3v) is 4.96. The Balaban J connectivity index is 1.85. The average Bonchev–Trinajstić information content (AvgIpc) is 3.25. The van der Waals surface area contributed by atoms with Gasteiger partial charge in [-0.3, -0.25) is 4.79 Å². The van der Waals surface area contributed by atoms with Gasteiger partial charge in [0.25, 0.3) is 5.91 Å². The molecule has 0 spiro atoms. The van der Waals surface area contributed by atoms with Crippen LogP contribution in [0.15, 0.2) is 78.7 Å². The second-order valence-electron chi connectivity index (χ2n) is 5.80. The molecule has 0 saturated carbocycles. The Labute approximate surface area is 163 Å². The second kappa shape index (κ2) is 9.05. The molecule has 0 aliphatic carbocycles. The van der Waals surface area contributed by atoms with E-state index in [2.05, 4.69) is 11.9 Å². The van der Waals surface area contributed by atoms with Crippen molar-refractivity contribution in [2.45, 2.75) is 6.04 Å². The van der Waals surface area contributed by atoms with Crippen molar-refractivity contribution in [2.75, 3.05) is 13.7 Å². The largest absolute Gasteiger partial charge is 0.493 e. The van der Waals surface area contributed by atoms with Crippen LogP contribution in [-0.2, 0) is 0 Å². The van der Waals surface area contributed by atoms with Crippen molar-refractivity contribution in [3.63, 3.8) is 0 Å². The van der Waals surface area contributed by atoms with Crippen molar-refractivity contribution >= 4 is 17.2 Å². The zero-order valence-corrected chi connectivity index (χ0v) is 15.9. The first-order valence-corrected chi connectivity index (χ1v) is 9.42. The molecule has 2 aromatic carbocycles. The zero-order valence-electron chi connectivity index (χ0n) is 15.1. The van der Waals surface area contributed by atoms with E-state index in [0.717, 1.165) is 10.4 Å². The maximum Gasteiger partial charge on any atom is 0.252 e. The van der Waals surface area contributed by atoms with E-state index in [4.69, 9.17) is 9.47 Å². The van der Waals surface area contributed by atoms with Gasteiger partial charge in [0.05, 0.1) is 13.2 Å². The number of carbonyl (C=O) groups is 1. The Morgan fingerprint density at radius 1 is 1.15 bits per heavy atom. The normalized spacial score (nSPS) is 11.4. The van der Waals surface area contributed by atoms with Crippen LogP contribution in [0.3, 0.4) is 0 Å². The fraction of sp³-hybridized carbons (Fsp3) is 0.136. The molecule has 0 radical (unpaired) electrons. The molecule has 1 aromatic heterocycles. The van der Waals surface area contributed by atoms with E-state index in [1.807, 2.05) is 47.8 Å². The second-order valence-corrected chi connectivity index (χ2v) is 6.78. The van der Waals surface area contributed by atoms with E-state index in [1.165, 1.54) is 0 Å². The maximum atomic E-state index is 12.9. The minimum Gasteiger partial charge on any atom is -0.493 e. The number of amides is 1. The molecule has 3 aromatic rings. The third-order valence-electron chi connectivity index (χ3n) is 4.02. The first-order valence-electron chi connectivity index (χ1n) is 8.54. The molecule has 5 heteroatoms. The van der Waals surface area contributed by atoms with E-state index in [9.17, 15) is 4.79 Å². The number of nitrogens with one attached hydrogen (secondary N) is 1. The number of methoxy groups -OCH3 is 1. The third kappa shape index (κ3) is 4.57. The van der Waals surface area contributed by atoms with Gasteiger partial charge < -0.3 is 14.8 Å². The quantitative estimate of drug-likeness (QED) is 0.570. The van der Waals surface area contributed by atoms with Crippen molar-refractivity contribution in [1.82, 2.24) is 5.32 Å². The number of carbonyl (C=O) groups excluding carboxylic acids is 1. The van der Waals surface area contributed by atoms with Gasteiger partial charge in [-0.05, 0) is 35.2 Å². The van der Waals surface area contributed by atoms with Crippen LogP contribution in [0.1, 0.15) is 26.8 Å². The predicted molar refractivity (Wildman–Crippen MR) is 109 cm³/mol. The van der Waals surface area contributed by atoms with Crippen LogP contribution in [0.2, 0.25) is 0 Å². The molecule has 4 nitrogen and oxygen atoms in total. The van der Waals surface area contributed by atoms with Gasteiger partial charge in [0.1, 0.15) is 6.61 Å². The Hall–Kier alpha value is -3.05. The lowest BCUT2D eigenvalue weighted by molar-refractivity contribution is 0.0943. The number of benzene rings is 2. The summed E-state index contributed by atoms with van der Waals surface area (Å²) in [6, 6.07) is 18.9. The molecule has 27 heavy (non-hydrogen) atoms.